The van der Waals surface area contributed by atoms with Gasteiger partial charge in [-0.1, -0.05) is 23.7 Å². The Labute approximate surface area is 132 Å². The van der Waals surface area contributed by atoms with Crippen LogP contribution in [0.5, 0.6) is 5.75 Å². The highest BCUT2D eigenvalue weighted by atomic mass is 35.5. The van der Waals surface area contributed by atoms with Gasteiger partial charge in [0.05, 0.1) is 0 Å². The molecule has 2 N–H and O–H groups in total. The molecule has 0 fully saturated rings. The quantitative estimate of drug-likeness (QED) is 0.886. The summed E-state index contributed by atoms with van der Waals surface area (Å²) >= 11 is 5.83. The zero-order valence-electron chi connectivity index (χ0n) is 11.8. The maximum Gasteiger partial charge on any atom is 0.339 e. The number of hydrogen-bond donors (Lipinski definition) is 2. The summed E-state index contributed by atoms with van der Waals surface area (Å²) in [6.07, 6.45) is 0. The molecule has 0 unspecified atom stereocenters. The molecule has 0 saturated heterocycles. The van der Waals surface area contributed by atoms with Crippen LogP contribution in [-0.4, -0.2) is 23.6 Å². The molecule has 0 atom stereocenters. The number of carboxylic acid groups (broad SMARTS) is 1. The van der Waals surface area contributed by atoms with E-state index in [2.05, 4.69) is 5.32 Å². The first-order valence-corrected chi connectivity index (χ1v) is 6.85. The third kappa shape index (κ3) is 4.23. The van der Waals surface area contributed by atoms with Crippen LogP contribution >= 0.6 is 11.6 Å². The molecule has 2 aromatic carbocycles. The van der Waals surface area contributed by atoms with Gasteiger partial charge in [-0.3, -0.25) is 4.79 Å². The summed E-state index contributed by atoms with van der Waals surface area (Å²) in [5.41, 5.74) is 1.40. The summed E-state index contributed by atoms with van der Waals surface area (Å²) in [7, 11) is 0. The van der Waals surface area contributed by atoms with E-state index in [9.17, 15) is 9.59 Å². The third-order valence-corrected chi connectivity index (χ3v) is 3.07. The number of ether oxygens (including phenoxy) is 1. The van der Waals surface area contributed by atoms with E-state index in [0.29, 0.717) is 10.7 Å². The van der Waals surface area contributed by atoms with Gasteiger partial charge in [-0.05, 0) is 42.8 Å². The van der Waals surface area contributed by atoms with Gasteiger partial charge in [-0.25, -0.2) is 4.79 Å². The van der Waals surface area contributed by atoms with E-state index >= 15 is 0 Å². The van der Waals surface area contributed by atoms with Crippen molar-refractivity contribution in [1.82, 2.24) is 0 Å². The number of rotatable bonds is 5. The van der Waals surface area contributed by atoms with Crippen molar-refractivity contribution in [2.75, 3.05) is 11.9 Å². The molecular weight excluding hydrogens is 306 g/mol. The predicted molar refractivity (Wildman–Crippen MR) is 83.7 cm³/mol. The minimum absolute atomic E-state index is 0.0150. The lowest BCUT2D eigenvalue weighted by atomic mass is 10.1. The Hall–Kier alpha value is -2.53. The van der Waals surface area contributed by atoms with Crippen molar-refractivity contribution in [2.24, 2.45) is 0 Å². The van der Waals surface area contributed by atoms with E-state index in [1.54, 1.807) is 36.4 Å². The van der Waals surface area contributed by atoms with Crippen LogP contribution in [0.1, 0.15) is 15.9 Å². The zero-order valence-corrected chi connectivity index (χ0v) is 12.6. The lowest BCUT2D eigenvalue weighted by Gasteiger charge is -2.10. The Morgan fingerprint density at radius 1 is 1.23 bits per heavy atom. The first kappa shape index (κ1) is 15.9. The number of benzene rings is 2. The highest BCUT2D eigenvalue weighted by Crippen LogP contribution is 2.20. The van der Waals surface area contributed by atoms with Crippen LogP contribution in [0.4, 0.5) is 5.69 Å². The molecule has 6 heteroatoms. The van der Waals surface area contributed by atoms with E-state index in [4.69, 9.17) is 21.4 Å². The van der Waals surface area contributed by atoms with Crippen molar-refractivity contribution in [2.45, 2.75) is 6.92 Å². The average molecular weight is 320 g/mol. The average Bonchev–Trinajstić information content (AvgIpc) is 2.45. The molecule has 0 aliphatic carbocycles. The number of amides is 1. The largest absolute Gasteiger partial charge is 0.483 e. The van der Waals surface area contributed by atoms with Gasteiger partial charge < -0.3 is 15.2 Å². The molecule has 22 heavy (non-hydrogen) atoms. The molecule has 0 saturated carbocycles. The second-order valence-corrected chi connectivity index (χ2v) is 5.09. The van der Waals surface area contributed by atoms with Crippen LogP contribution in [0.2, 0.25) is 5.02 Å². The number of carbonyl (C=O) groups is 2. The molecule has 0 heterocycles. The first-order valence-electron chi connectivity index (χ1n) is 6.48. The molecule has 0 aromatic heterocycles. The van der Waals surface area contributed by atoms with Gasteiger partial charge in [0.15, 0.2) is 6.61 Å². The van der Waals surface area contributed by atoms with Crippen LogP contribution in [0, 0.1) is 6.92 Å². The number of anilines is 1. The summed E-state index contributed by atoms with van der Waals surface area (Å²) in [6.45, 7) is 1.51. The Kier molecular flexibility index (Phi) is 5.01. The minimum Gasteiger partial charge on any atom is -0.483 e. The highest BCUT2D eigenvalue weighted by molar-refractivity contribution is 6.30. The predicted octanol–water partition coefficient (Wildman–Crippen LogP) is 3.36. The van der Waals surface area contributed by atoms with E-state index < -0.39 is 11.9 Å². The van der Waals surface area contributed by atoms with Crippen molar-refractivity contribution < 1.29 is 19.4 Å². The molecule has 1 amide bonds. The summed E-state index contributed by atoms with van der Waals surface area (Å²) in [6, 6.07) is 11.4. The van der Waals surface area contributed by atoms with Gasteiger partial charge in [-0.15, -0.1) is 0 Å². The van der Waals surface area contributed by atoms with E-state index in [1.165, 1.54) is 6.07 Å². The molecule has 5 nitrogen and oxygen atoms in total. The van der Waals surface area contributed by atoms with Gasteiger partial charge in [0.2, 0.25) is 0 Å². The minimum atomic E-state index is -1.11. The number of hydrogen-bond acceptors (Lipinski definition) is 3. The number of carboxylic acids is 1. The number of nitrogens with one attached hydrogen (secondary N) is 1. The molecule has 0 aliphatic rings. The maximum atomic E-state index is 11.8. The Morgan fingerprint density at radius 3 is 2.68 bits per heavy atom. The van der Waals surface area contributed by atoms with Gasteiger partial charge in [0.25, 0.3) is 5.91 Å². The molecule has 2 rings (SSSR count). The van der Waals surface area contributed by atoms with Gasteiger partial charge >= 0.3 is 5.97 Å². The summed E-state index contributed by atoms with van der Waals surface area (Å²) in [5, 5.41) is 12.2. The number of halogens is 1. The lowest BCUT2D eigenvalue weighted by Crippen LogP contribution is -2.20. The fraction of sp³-hybridized carbons (Fsp3) is 0.125. The fourth-order valence-electron chi connectivity index (χ4n) is 1.83. The number of aryl methyl sites for hydroxylation is 1. The zero-order chi connectivity index (χ0) is 16.1. The molecule has 2 aromatic rings. The van der Waals surface area contributed by atoms with Crippen LogP contribution < -0.4 is 10.1 Å². The van der Waals surface area contributed by atoms with Crippen molar-refractivity contribution >= 4 is 29.2 Å². The second-order valence-electron chi connectivity index (χ2n) is 4.65. The van der Waals surface area contributed by atoms with Crippen LogP contribution in [0.25, 0.3) is 0 Å². The van der Waals surface area contributed by atoms with E-state index in [1.807, 2.05) is 6.92 Å². The van der Waals surface area contributed by atoms with E-state index in [-0.39, 0.29) is 17.9 Å². The molecule has 0 bridgehead atoms. The molecule has 0 spiro atoms. The summed E-state index contributed by atoms with van der Waals surface area (Å²) < 4.78 is 5.32. The Balaban J connectivity index is 2.02. The van der Waals surface area contributed by atoms with Crippen LogP contribution in [0.15, 0.2) is 42.5 Å². The van der Waals surface area contributed by atoms with Crippen LogP contribution in [-0.2, 0) is 4.79 Å². The van der Waals surface area contributed by atoms with Crippen molar-refractivity contribution in [1.29, 1.82) is 0 Å². The summed E-state index contributed by atoms with van der Waals surface area (Å²) in [4.78, 5) is 22.9. The normalized spacial score (nSPS) is 10.1. The monoisotopic (exact) mass is 319 g/mol. The Bertz CT molecular complexity index is 715. The third-order valence-electron chi connectivity index (χ3n) is 2.83. The smallest absolute Gasteiger partial charge is 0.339 e. The van der Waals surface area contributed by atoms with Crippen molar-refractivity contribution in [3.05, 3.63) is 58.6 Å². The fourth-order valence-corrected chi connectivity index (χ4v) is 2.02. The maximum absolute atomic E-state index is 11.8. The second kappa shape index (κ2) is 6.95. The topological polar surface area (TPSA) is 75.6 Å². The standard InChI is InChI=1S/C16H14ClNO4/c1-10-5-6-13(16(20)21)14(7-10)22-9-15(19)18-12-4-2-3-11(17)8-12/h2-8H,9H2,1H3,(H,18,19)(H,20,21). The van der Waals surface area contributed by atoms with Crippen LogP contribution in [0.3, 0.4) is 0 Å². The van der Waals surface area contributed by atoms with Gasteiger partial charge in [-0.2, -0.15) is 0 Å². The first-order chi connectivity index (χ1) is 10.5. The molecule has 0 radical (unpaired) electrons. The molecule has 0 aliphatic heterocycles. The summed E-state index contributed by atoms with van der Waals surface area (Å²) in [5.74, 6) is -1.35. The number of aromatic carboxylic acids is 1. The van der Waals surface area contributed by atoms with Gasteiger partial charge in [0.1, 0.15) is 11.3 Å². The van der Waals surface area contributed by atoms with Crippen molar-refractivity contribution in [3.8, 4) is 5.75 Å². The molecular formula is C16H14ClNO4. The van der Waals surface area contributed by atoms with Crippen molar-refractivity contribution in [3.63, 3.8) is 0 Å². The Morgan fingerprint density at radius 2 is 2.00 bits per heavy atom. The molecule has 114 valence electrons. The lowest BCUT2D eigenvalue weighted by molar-refractivity contribution is -0.118. The highest BCUT2D eigenvalue weighted by Gasteiger charge is 2.13. The SMILES string of the molecule is Cc1ccc(C(=O)O)c(OCC(=O)Nc2cccc(Cl)c2)c1. The van der Waals surface area contributed by atoms with E-state index in [0.717, 1.165) is 5.56 Å². The number of carbonyl (C=O) groups excluding carboxylic acids is 1. The van der Waals surface area contributed by atoms with Gasteiger partial charge in [0, 0.05) is 10.7 Å².